The monoisotopic (exact) mass is 501 g/mol. The molecule has 0 spiro atoms. The molecular weight excluding hydrogens is 466 g/mol. The lowest BCUT2D eigenvalue weighted by molar-refractivity contribution is 0.102. The molecule has 0 saturated carbocycles. The fourth-order valence-corrected chi connectivity index (χ4v) is 5.87. The van der Waals surface area contributed by atoms with Gasteiger partial charge in [-0.2, -0.15) is 0 Å². The van der Waals surface area contributed by atoms with Crippen molar-refractivity contribution < 1.29 is 4.79 Å². The van der Waals surface area contributed by atoms with Crippen molar-refractivity contribution in [2.45, 2.75) is 59.9 Å². The number of carbonyl (C=O) groups excluding carboxylic acids is 1. The van der Waals surface area contributed by atoms with Gasteiger partial charge in [0.05, 0.1) is 5.69 Å². The van der Waals surface area contributed by atoms with Gasteiger partial charge in [-0.05, 0) is 98.0 Å². The summed E-state index contributed by atoms with van der Waals surface area (Å²) < 4.78 is 4.61. The lowest BCUT2D eigenvalue weighted by atomic mass is 9.96. The first kappa shape index (κ1) is 24.3. The van der Waals surface area contributed by atoms with Gasteiger partial charge in [-0.1, -0.05) is 55.5 Å². The van der Waals surface area contributed by atoms with E-state index in [1.54, 1.807) is 0 Å². The molecule has 3 heterocycles. The number of hydrogen-bond acceptors (Lipinski definition) is 1. The number of benzene rings is 3. The lowest BCUT2D eigenvalue weighted by Crippen LogP contribution is -2.15. The summed E-state index contributed by atoms with van der Waals surface area (Å²) in [5, 5.41) is 3.21. The van der Waals surface area contributed by atoms with E-state index >= 15 is 0 Å². The molecule has 0 radical (unpaired) electrons. The van der Waals surface area contributed by atoms with Crippen LogP contribution in [0.2, 0.25) is 0 Å². The molecule has 38 heavy (non-hydrogen) atoms. The molecule has 0 bridgehead atoms. The van der Waals surface area contributed by atoms with E-state index in [1.807, 2.05) is 31.2 Å². The summed E-state index contributed by atoms with van der Waals surface area (Å²) in [6.45, 7) is 9.49. The highest BCUT2D eigenvalue weighted by atomic mass is 16.1. The first-order valence-electron chi connectivity index (χ1n) is 13.8. The van der Waals surface area contributed by atoms with Gasteiger partial charge in [-0.3, -0.25) is 9.20 Å². The second-order valence-corrected chi connectivity index (χ2v) is 10.7. The Bertz CT molecular complexity index is 1670. The summed E-state index contributed by atoms with van der Waals surface area (Å²) in [6.07, 6.45) is 6.37. The number of hydrogen-bond donors (Lipinski definition) is 1. The van der Waals surface area contributed by atoms with Crippen LogP contribution in [0.5, 0.6) is 0 Å². The largest absolute Gasteiger partial charge is 0.325 e. The number of rotatable bonds is 5. The van der Waals surface area contributed by atoms with Gasteiger partial charge in [0.15, 0.2) is 0 Å². The van der Waals surface area contributed by atoms with E-state index in [4.69, 9.17) is 0 Å². The van der Waals surface area contributed by atoms with Crippen molar-refractivity contribution in [2.75, 3.05) is 5.32 Å². The van der Waals surface area contributed by atoms with E-state index in [9.17, 15) is 4.79 Å². The van der Waals surface area contributed by atoms with Crippen LogP contribution >= 0.6 is 0 Å². The highest BCUT2D eigenvalue weighted by molar-refractivity contribution is 6.10. The summed E-state index contributed by atoms with van der Waals surface area (Å²) >= 11 is 0. The number of anilines is 1. The number of carbonyl (C=O) groups is 1. The molecule has 1 amide bonds. The third kappa shape index (κ3) is 4.14. The van der Waals surface area contributed by atoms with Crippen molar-refractivity contribution >= 4 is 17.2 Å². The highest BCUT2D eigenvalue weighted by Gasteiger charge is 2.29. The normalized spacial score (nSPS) is 13.1. The number of nitrogens with zero attached hydrogens (tertiary/aromatic N) is 2. The van der Waals surface area contributed by atoms with Crippen LogP contribution in [-0.4, -0.2) is 14.9 Å². The Kier molecular flexibility index (Phi) is 6.19. The Balaban J connectivity index is 1.60. The minimum Gasteiger partial charge on any atom is -0.325 e. The van der Waals surface area contributed by atoms with E-state index < -0.39 is 0 Å². The average molecular weight is 502 g/mol. The van der Waals surface area contributed by atoms with Crippen molar-refractivity contribution in [3.8, 4) is 22.4 Å². The van der Waals surface area contributed by atoms with Gasteiger partial charge in [0, 0.05) is 29.6 Å². The molecule has 4 heteroatoms. The van der Waals surface area contributed by atoms with E-state index in [-0.39, 0.29) is 5.91 Å². The molecule has 0 fully saturated rings. The smallest absolute Gasteiger partial charge is 0.273 e. The molecule has 1 aliphatic heterocycles. The van der Waals surface area contributed by atoms with Crippen molar-refractivity contribution in [3.05, 3.63) is 106 Å². The summed E-state index contributed by atoms with van der Waals surface area (Å²) in [5.41, 5.74) is 13.5. The Morgan fingerprint density at radius 2 is 1.68 bits per heavy atom. The van der Waals surface area contributed by atoms with Crippen LogP contribution in [0.3, 0.4) is 0 Å². The Hall–Kier alpha value is -4.05. The van der Waals surface area contributed by atoms with Gasteiger partial charge in [0.25, 0.3) is 5.91 Å². The van der Waals surface area contributed by atoms with E-state index in [0.717, 1.165) is 60.3 Å². The average Bonchev–Trinajstić information content (AvgIpc) is 3.33. The van der Waals surface area contributed by atoms with Gasteiger partial charge < -0.3 is 9.88 Å². The Morgan fingerprint density at radius 3 is 2.42 bits per heavy atom. The molecule has 192 valence electrons. The molecule has 0 aliphatic carbocycles. The Morgan fingerprint density at radius 1 is 0.895 bits per heavy atom. The van der Waals surface area contributed by atoms with Crippen molar-refractivity contribution in [3.63, 3.8) is 0 Å². The van der Waals surface area contributed by atoms with Gasteiger partial charge >= 0.3 is 0 Å². The zero-order valence-electron chi connectivity index (χ0n) is 22.8. The van der Waals surface area contributed by atoms with Crippen LogP contribution in [0.4, 0.5) is 5.69 Å². The van der Waals surface area contributed by atoms with Crippen LogP contribution in [0.1, 0.15) is 58.1 Å². The summed E-state index contributed by atoms with van der Waals surface area (Å²) in [6, 6.07) is 23.5. The maximum absolute atomic E-state index is 14.1. The summed E-state index contributed by atoms with van der Waals surface area (Å²) in [7, 11) is 0. The predicted octanol–water partition coefficient (Wildman–Crippen LogP) is 8.15. The second kappa shape index (κ2) is 9.68. The lowest BCUT2D eigenvalue weighted by Gasteiger charge is -2.11. The molecular formula is C34H35N3O. The molecule has 5 aromatic rings. The fraction of sp³-hybridized carbons (Fsp3) is 0.265. The minimum atomic E-state index is -0.0734. The maximum Gasteiger partial charge on any atom is 0.273 e. The first-order valence-corrected chi connectivity index (χ1v) is 13.8. The van der Waals surface area contributed by atoms with Crippen LogP contribution in [0.15, 0.2) is 72.9 Å². The van der Waals surface area contributed by atoms with Gasteiger partial charge in [-0.25, -0.2) is 0 Å². The standard InChI is InChI=1S/C34H35N3O/c1-5-25-13-16-26(17-14-25)31-29-11-6-7-18-36-30(27-15-12-23(3)24(4)20-27)21-37(34(29)36)32(31)33(38)35-28-10-8-9-22(2)19-28/h8-10,12-17,19-21H,5-7,11,18H2,1-4H3,(H,35,38). The Labute approximate surface area is 224 Å². The van der Waals surface area contributed by atoms with Crippen molar-refractivity contribution in [2.24, 2.45) is 0 Å². The number of aromatic nitrogens is 2. The molecule has 0 unspecified atom stereocenters. The topological polar surface area (TPSA) is 38.4 Å². The molecule has 6 rings (SSSR count). The highest BCUT2D eigenvalue weighted by Crippen LogP contribution is 2.40. The molecule has 4 nitrogen and oxygen atoms in total. The van der Waals surface area contributed by atoms with Gasteiger partial charge in [-0.15, -0.1) is 0 Å². The van der Waals surface area contributed by atoms with Crippen LogP contribution < -0.4 is 5.32 Å². The third-order valence-corrected chi connectivity index (χ3v) is 8.08. The van der Waals surface area contributed by atoms with Crippen LogP contribution in [-0.2, 0) is 19.4 Å². The second-order valence-electron chi connectivity index (χ2n) is 10.7. The van der Waals surface area contributed by atoms with Crippen LogP contribution in [0.25, 0.3) is 28.0 Å². The number of aryl methyl sites for hydroxylation is 6. The van der Waals surface area contributed by atoms with Crippen molar-refractivity contribution in [1.29, 1.82) is 0 Å². The fourth-order valence-electron chi connectivity index (χ4n) is 5.87. The summed E-state index contributed by atoms with van der Waals surface area (Å²) in [4.78, 5) is 14.1. The zero-order valence-corrected chi connectivity index (χ0v) is 22.8. The molecule has 0 saturated heterocycles. The molecule has 1 N–H and O–H groups in total. The van der Waals surface area contributed by atoms with Gasteiger partial charge in [0.1, 0.15) is 11.3 Å². The predicted molar refractivity (Wildman–Crippen MR) is 157 cm³/mol. The summed E-state index contributed by atoms with van der Waals surface area (Å²) in [5.74, 6) is -0.0734. The van der Waals surface area contributed by atoms with E-state index in [0.29, 0.717) is 5.69 Å². The van der Waals surface area contributed by atoms with E-state index in [1.165, 1.54) is 33.5 Å². The molecule has 3 aromatic carbocycles. The van der Waals surface area contributed by atoms with Gasteiger partial charge in [0.2, 0.25) is 0 Å². The first-order chi connectivity index (χ1) is 18.4. The molecule has 2 aromatic heterocycles. The molecule has 0 atom stereocenters. The SMILES string of the molecule is CCc1ccc(-c2c3c4n(c(-c5ccc(C)c(C)c5)cn4c2C(=O)Nc2cccc(C)c2)CCCC3)cc1. The zero-order chi connectivity index (χ0) is 26.4. The number of imidazole rings is 1. The van der Waals surface area contributed by atoms with Crippen molar-refractivity contribution in [1.82, 2.24) is 8.97 Å². The van der Waals surface area contributed by atoms with Crippen LogP contribution in [0, 0.1) is 20.8 Å². The minimum absolute atomic E-state index is 0.0734. The third-order valence-electron chi connectivity index (χ3n) is 8.08. The number of amides is 1. The van der Waals surface area contributed by atoms with E-state index in [2.05, 4.69) is 83.7 Å². The number of nitrogens with one attached hydrogen (secondary N) is 1. The maximum atomic E-state index is 14.1. The quantitative estimate of drug-likeness (QED) is 0.259. The molecule has 1 aliphatic rings.